The van der Waals surface area contributed by atoms with Crippen LogP contribution >= 0.6 is 0 Å². The Morgan fingerprint density at radius 1 is 1.26 bits per heavy atom. The van der Waals surface area contributed by atoms with Crippen LogP contribution in [0.2, 0.25) is 0 Å². The van der Waals surface area contributed by atoms with Crippen LogP contribution in [0.5, 0.6) is 0 Å². The summed E-state index contributed by atoms with van der Waals surface area (Å²) in [7, 11) is 0. The molecule has 1 atom stereocenters. The van der Waals surface area contributed by atoms with Crippen molar-refractivity contribution in [3.63, 3.8) is 0 Å². The van der Waals surface area contributed by atoms with Crippen LogP contribution in [-0.4, -0.2) is 22.9 Å². The molecule has 1 saturated carbocycles. The Morgan fingerprint density at radius 2 is 2.00 bits per heavy atom. The van der Waals surface area contributed by atoms with Crippen molar-refractivity contribution in [2.45, 2.75) is 58.4 Å². The summed E-state index contributed by atoms with van der Waals surface area (Å²) >= 11 is 0. The average Bonchev–Trinajstić information content (AvgIpc) is 3.18. The van der Waals surface area contributed by atoms with E-state index in [0.717, 1.165) is 25.8 Å². The second kappa shape index (κ2) is 5.94. The predicted molar refractivity (Wildman–Crippen MR) is 79.8 cm³/mol. The minimum atomic E-state index is -0.0729. The van der Waals surface area contributed by atoms with Gasteiger partial charge in [-0.15, -0.1) is 0 Å². The average molecular weight is 261 g/mol. The lowest BCUT2D eigenvalue weighted by molar-refractivity contribution is -0.136. The van der Waals surface area contributed by atoms with Gasteiger partial charge in [0.1, 0.15) is 0 Å². The van der Waals surface area contributed by atoms with Crippen LogP contribution in [0.3, 0.4) is 0 Å². The van der Waals surface area contributed by atoms with Gasteiger partial charge in [-0.25, -0.2) is 0 Å². The lowest BCUT2D eigenvalue weighted by atomic mass is 9.94. The minimum Gasteiger partial charge on any atom is -0.334 e. The summed E-state index contributed by atoms with van der Waals surface area (Å²) in [5.41, 5.74) is -0.0729. The van der Waals surface area contributed by atoms with E-state index in [1.807, 2.05) is 4.90 Å². The number of rotatable bonds is 4. The fraction of sp³-hybridized carbons (Fsp3) is 0.706. The molecule has 2 nitrogen and oxygen atoms in total. The maximum Gasteiger partial charge on any atom is 0.226 e. The molecule has 0 radical (unpaired) electrons. The Hall–Kier alpha value is -1.05. The quantitative estimate of drug-likeness (QED) is 0.702. The lowest BCUT2D eigenvalue weighted by Crippen LogP contribution is -2.46. The molecule has 0 spiro atoms. The molecular formula is C17H27NO. The van der Waals surface area contributed by atoms with E-state index < -0.39 is 0 Å². The van der Waals surface area contributed by atoms with E-state index in [1.54, 1.807) is 0 Å². The first-order valence-electron chi connectivity index (χ1n) is 7.61. The van der Waals surface area contributed by atoms with Gasteiger partial charge in [-0.2, -0.15) is 0 Å². The van der Waals surface area contributed by atoms with E-state index in [4.69, 9.17) is 0 Å². The molecule has 0 saturated heterocycles. The molecule has 2 rings (SSSR count). The maximum absolute atomic E-state index is 12.3. The Bertz CT molecular complexity index is 371. The van der Waals surface area contributed by atoms with Crippen molar-refractivity contribution in [1.82, 2.24) is 4.90 Å². The molecule has 0 N–H and O–H groups in total. The SMILES string of the molecule is CC(C)(C)N(C/C=C\C1CC=CCC1)C(=O)C1CC1. The second-order valence-electron chi connectivity index (χ2n) is 6.87. The van der Waals surface area contributed by atoms with Gasteiger partial charge in [0.25, 0.3) is 0 Å². The molecule has 0 heterocycles. The van der Waals surface area contributed by atoms with Crippen molar-refractivity contribution in [3.05, 3.63) is 24.3 Å². The molecule has 2 aliphatic rings. The van der Waals surface area contributed by atoms with Crippen molar-refractivity contribution in [1.29, 1.82) is 0 Å². The Balaban J connectivity index is 1.90. The first-order chi connectivity index (χ1) is 8.98. The van der Waals surface area contributed by atoms with E-state index in [-0.39, 0.29) is 5.54 Å². The number of carbonyl (C=O) groups excluding carboxylic acids is 1. The zero-order chi connectivity index (χ0) is 13.9. The largest absolute Gasteiger partial charge is 0.334 e. The number of carbonyl (C=O) groups is 1. The topological polar surface area (TPSA) is 20.3 Å². The van der Waals surface area contributed by atoms with Crippen molar-refractivity contribution in [2.24, 2.45) is 11.8 Å². The molecule has 1 fully saturated rings. The predicted octanol–water partition coefficient (Wildman–Crippen LogP) is 3.94. The van der Waals surface area contributed by atoms with Gasteiger partial charge in [-0.1, -0.05) is 24.3 Å². The van der Waals surface area contributed by atoms with Crippen LogP contribution in [0.1, 0.15) is 52.9 Å². The van der Waals surface area contributed by atoms with Crippen LogP contribution in [0.4, 0.5) is 0 Å². The maximum atomic E-state index is 12.3. The Morgan fingerprint density at radius 3 is 2.53 bits per heavy atom. The van der Waals surface area contributed by atoms with E-state index in [9.17, 15) is 4.79 Å². The van der Waals surface area contributed by atoms with Crippen molar-refractivity contribution in [2.75, 3.05) is 6.54 Å². The van der Waals surface area contributed by atoms with E-state index in [0.29, 0.717) is 17.7 Å². The van der Waals surface area contributed by atoms with Gasteiger partial charge < -0.3 is 4.90 Å². The minimum absolute atomic E-state index is 0.0729. The van der Waals surface area contributed by atoms with Crippen LogP contribution in [0, 0.1) is 11.8 Å². The summed E-state index contributed by atoms with van der Waals surface area (Å²) in [5, 5.41) is 0. The normalized spacial score (nSPS) is 23.8. The van der Waals surface area contributed by atoms with Gasteiger partial charge in [0.2, 0.25) is 5.91 Å². The van der Waals surface area contributed by atoms with Crippen LogP contribution in [0.15, 0.2) is 24.3 Å². The molecule has 0 aliphatic heterocycles. The molecule has 2 heteroatoms. The molecule has 0 bridgehead atoms. The van der Waals surface area contributed by atoms with Crippen LogP contribution < -0.4 is 0 Å². The highest BCUT2D eigenvalue weighted by Crippen LogP contribution is 2.33. The monoisotopic (exact) mass is 261 g/mol. The fourth-order valence-electron chi connectivity index (χ4n) is 2.60. The van der Waals surface area contributed by atoms with E-state index >= 15 is 0 Å². The summed E-state index contributed by atoms with van der Waals surface area (Å²) in [5.74, 6) is 1.33. The highest BCUT2D eigenvalue weighted by Gasteiger charge is 2.37. The molecule has 0 aromatic rings. The first-order valence-corrected chi connectivity index (χ1v) is 7.61. The standard InChI is InChI=1S/C17H27NO/c1-17(2,3)18(16(19)15-11-12-15)13-7-10-14-8-5-4-6-9-14/h4-5,7,10,14-15H,6,8-9,11-13H2,1-3H3/b10-7-. The summed E-state index contributed by atoms with van der Waals surface area (Å²) in [6.45, 7) is 7.15. The van der Waals surface area contributed by atoms with Gasteiger partial charge in [0.15, 0.2) is 0 Å². The number of allylic oxidation sites excluding steroid dienone is 3. The molecule has 0 aromatic carbocycles. The third kappa shape index (κ3) is 4.22. The Labute approximate surface area is 117 Å². The smallest absolute Gasteiger partial charge is 0.226 e. The fourth-order valence-corrected chi connectivity index (χ4v) is 2.60. The van der Waals surface area contributed by atoms with Gasteiger partial charge in [0.05, 0.1) is 0 Å². The van der Waals surface area contributed by atoms with Crippen LogP contribution in [-0.2, 0) is 4.79 Å². The number of nitrogens with zero attached hydrogens (tertiary/aromatic N) is 1. The second-order valence-corrected chi connectivity index (χ2v) is 6.87. The van der Waals surface area contributed by atoms with E-state index in [1.165, 1.54) is 12.8 Å². The highest BCUT2D eigenvalue weighted by molar-refractivity contribution is 5.81. The van der Waals surface area contributed by atoms with Gasteiger partial charge in [-0.3, -0.25) is 4.79 Å². The molecule has 0 aromatic heterocycles. The molecule has 2 aliphatic carbocycles. The third-order valence-corrected chi connectivity index (χ3v) is 4.01. The van der Waals surface area contributed by atoms with Crippen molar-refractivity contribution in [3.8, 4) is 0 Å². The van der Waals surface area contributed by atoms with Gasteiger partial charge in [-0.05, 0) is 58.8 Å². The highest BCUT2D eigenvalue weighted by atomic mass is 16.2. The number of amides is 1. The summed E-state index contributed by atoms with van der Waals surface area (Å²) in [6, 6.07) is 0. The summed E-state index contributed by atoms with van der Waals surface area (Å²) in [4.78, 5) is 14.4. The zero-order valence-corrected chi connectivity index (χ0v) is 12.6. The van der Waals surface area contributed by atoms with Crippen molar-refractivity contribution < 1.29 is 4.79 Å². The number of hydrogen-bond acceptors (Lipinski definition) is 1. The molecular weight excluding hydrogens is 234 g/mol. The van der Waals surface area contributed by atoms with Crippen LogP contribution in [0.25, 0.3) is 0 Å². The van der Waals surface area contributed by atoms with Gasteiger partial charge >= 0.3 is 0 Å². The lowest BCUT2D eigenvalue weighted by Gasteiger charge is -2.35. The zero-order valence-electron chi connectivity index (χ0n) is 12.6. The molecule has 106 valence electrons. The van der Waals surface area contributed by atoms with Gasteiger partial charge in [0, 0.05) is 18.0 Å². The summed E-state index contributed by atoms with van der Waals surface area (Å²) < 4.78 is 0. The first kappa shape index (κ1) is 14.4. The molecule has 19 heavy (non-hydrogen) atoms. The van der Waals surface area contributed by atoms with E-state index in [2.05, 4.69) is 45.1 Å². The van der Waals surface area contributed by atoms with Crippen molar-refractivity contribution >= 4 is 5.91 Å². The number of hydrogen-bond donors (Lipinski definition) is 0. The Kier molecular flexibility index (Phi) is 4.49. The third-order valence-electron chi connectivity index (χ3n) is 4.01. The molecule has 1 amide bonds. The summed E-state index contributed by atoms with van der Waals surface area (Å²) in [6.07, 6.45) is 14.8. The molecule has 1 unspecified atom stereocenters.